The molecule has 1 aromatic heterocycles. The van der Waals surface area contributed by atoms with Crippen molar-refractivity contribution in [3.63, 3.8) is 0 Å². The van der Waals surface area contributed by atoms with Crippen LogP contribution in [0.1, 0.15) is 12.0 Å². The summed E-state index contributed by atoms with van der Waals surface area (Å²) in [6, 6.07) is 5.93. The molecule has 68 valence electrons. The first-order chi connectivity index (χ1) is 6.40. The Morgan fingerprint density at radius 2 is 2.08 bits per heavy atom. The van der Waals surface area contributed by atoms with Crippen LogP contribution in [0, 0.1) is 0 Å². The van der Waals surface area contributed by atoms with Gasteiger partial charge in [0.05, 0.1) is 0 Å². The summed E-state index contributed by atoms with van der Waals surface area (Å²) in [6.45, 7) is 0.717. The topological polar surface area (TPSA) is 64.9 Å². The van der Waals surface area contributed by atoms with Crippen molar-refractivity contribution in [2.75, 3.05) is 6.54 Å². The van der Waals surface area contributed by atoms with E-state index in [2.05, 4.69) is 14.9 Å². The van der Waals surface area contributed by atoms with Gasteiger partial charge < -0.3 is 5.73 Å². The van der Waals surface area contributed by atoms with E-state index in [9.17, 15) is 0 Å². The van der Waals surface area contributed by atoms with E-state index in [1.54, 1.807) is 0 Å². The molecule has 2 N–H and O–H groups in total. The normalized spacial score (nSPS) is 10.8. The van der Waals surface area contributed by atoms with Crippen LogP contribution in [0.3, 0.4) is 0 Å². The molecule has 1 heterocycles. The summed E-state index contributed by atoms with van der Waals surface area (Å²) in [5, 5.41) is 7.50. The zero-order valence-electron chi connectivity index (χ0n) is 7.23. The second kappa shape index (κ2) is 3.53. The van der Waals surface area contributed by atoms with Crippen LogP contribution in [-0.2, 0) is 6.42 Å². The highest BCUT2D eigenvalue weighted by Gasteiger charge is 2.00. The Hall–Kier alpha value is -1.42. The second-order valence-electron chi connectivity index (χ2n) is 2.98. The molecule has 2 rings (SSSR count). The van der Waals surface area contributed by atoms with E-state index in [-0.39, 0.29) is 0 Å². The van der Waals surface area contributed by atoms with Crippen molar-refractivity contribution in [3.8, 4) is 0 Å². The van der Waals surface area contributed by atoms with Crippen LogP contribution in [0.5, 0.6) is 0 Å². The van der Waals surface area contributed by atoms with E-state index >= 15 is 0 Å². The number of nitrogens with zero attached hydrogens (tertiary/aromatic N) is 2. The van der Waals surface area contributed by atoms with Gasteiger partial charge in [-0.3, -0.25) is 0 Å². The second-order valence-corrected chi connectivity index (χ2v) is 2.98. The molecule has 0 aliphatic carbocycles. The number of hydrogen-bond donors (Lipinski definition) is 1. The highest BCUT2D eigenvalue weighted by Crippen LogP contribution is 2.12. The molecule has 2 aromatic rings. The van der Waals surface area contributed by atoms with Crippen molar-refractivity contribution in [3.05, 3.63) is 23.8 Å². The Labute approximate surface area is 75.7 Å². The number of aromatic nitrogens is 2. The van der Waals surface area contributed by atoms with Crippen LogP contribution in [0.2, 0.25) is 0 Å². The third-order valence-electron chi connectivity index (χ3n) is 1.99. The molecule has 4 heteroatoms. The fourth-order valence-electron chi connectivity index (χ4n) is 1.29. The van der Waals surface area contributed by atoms with Gasteiger partial charge >= 0.3 is 0 Å². The molecule has 1 aromatic carbocycles. The average Bonchev–Trinajstić information content (AvgIpc) is 2.61. The molecule has 0 atom stereocenters. The monoisotopic (exact) mass is 177 g/mol. The van der Waals surface area contributed by atoms with Gasteiger partial charge in [-0.1, -0.05) is 6.07 Å². The Bertz CT molecular complexity index is 396. The molecule has 0 aliphatic heterocycles. The van der Waals surface area contributed by atoms with Gasteiger partial charge in [0.1, 0.15) is 11.0 Å². The molecule has 0 saturated heterocycles. The fourth-order valence-corrected chi connectivity index (χ4v) is 1.29. The Morgan fingerprint density at radius 3 is 2.92 bits per heavy atom. The van der Waals surface area contributed by atoms with Gasteiger partial charge in [0.15, 0.2) is 0 Å². The number of fused-ring (bicyclic) bond motifs is 1. The lowest BCUT2D eigenvalue weighted by Crippen LogP contribution is -2.00. The highest BCUT2D eigenvalue weighted by molar-refractivity contribution is 5.73. The van der Waals surface area contributed by atoms with E-state index in [0.717, 1.165) is 30.4 Å². The summed E-state index contributed by atoms with van der Waals surface area (Å²) >= 11 is 0. The van der Waals surface area contributed by atoms with Crippen molar-refractivity contribution in [2.24, 2.45) is 5.73 Å². The lowest BCUT2D eigenvalue weighted by molar-refractivity contribution is 0.315. The van der Waals surface area contributed by atoms with E-state index in [0.29, 0.717) is 0 Å². The Morgan fingerprint density at radius 1 is 1.23 bits per heavy atom. The molecule has 0 unspecified atom stereocenters. The molecule has 0 spiro atoms. The minimum Gasteiger partial charge on any atom is -0.330 e. The van der Waals surface area contributed by atoms with Crippen molar-refractivity contribution >= 4 is 11.0 Å². The maximum Gasteiger partial charge on any atom is 0.135 e. The highest BCUT2D eigenvalue weighted by atomic mass is 16.6. The third kappa shape index (κ3) is 1.67. The summed E-state index contributed by atoms with van der Waals surface area (Å²) in [5.74, 6) is 0. The van der Waals surface area contributed by atoms with Crippen LogP contribution in [0.4, 0.5) is 0 Å². The average molecular weight is 177 g/mol. The lowest BCUT2D eigenvalue weighted by Gasteiger charge is -1.97. The number of nitrogens with two attached hydrogens (primary N) is 1. The lowest BCUT2D eigenvalue weighted by atomic mass is 10.1. The van der Waals surface area contributed by atoms with Crippen molar-refractivity contribution in [1.82, 2.24) is 10.3 Å². The Balaban J connectivity index is 2.26. The Kier molecular flexibility index (Phi) is 2.23. The molecule has 0 aliphatic rings. The van der Waals surface area contributed by atoms with E-state index in [1.165, 1.54) is 5.56 Å². The maximum atomic E-state index is 5.42. The van der Waals surface area contributed by atoms with Crippen molar-refractivity contribution in [1.29, 1.82) is 0 Å². The third-order valence-corrected chi connectivity index (χ3v) is 1.99. The maximum absolute atomic E-state index is 5.42. The van der Waals surface area contributed by atoms with Gasteiger partial charge in [-0.05, 0) is 47.4 Å². The summed E-state index contributed by atoms with van der Waals surface area (Å²) in [7, 11) is 0. The van der Waals surface area contributed by atoms with Crippen LogP contribution in [-0.4, -0.2) is 16.9 Å². The zero-order chi connectivity index (χ0) is 9.10. The van der Waals surface area contributed by atoms with Gasteiger partial charge in [-0.15, -0.1) is 0 Å². The van der Waals surface area contributed by atoms with Gasteiger partial charge in [0.2, 0.25) is 0 Å². The number of benzene rings is 1. The molecule has 0 bridgehead atoms. The minimum absolute atomic E-state index is 0.717. The summed E-state index contributed by atoms with van der Waals surface area (Å²) in [5.41, 5.74) is 8.27. The fraction of sp³-hybridized carbons (Fsp3) is 0.333. The predicted octanol–water partition coefficient (Wildman–Crippen LogP) is 1.11. The minimum atomic E-state index is 0.717. The van der Waals surface area contributed by atoms with Gasteiger partial charge in [0.25, 0.3) is 0 Å². The summed E-state index contributed by atoms with van der Waals surface area (Å²) in [4.78, 5) is 0. The molecular formula is C9H11N3O. The largest absolute Gasteiger partial charge is 0.330 e. The molecule has 13 heavy (non-hydrogen) atoms. The van der Waals surface area contributed by atoms with Crippen molar-refractivity contribution < 1.29 is 4.63 Å². The molecule has 0 amide bonds. The molecule has 4 nitrogen and oxygen atoms in total. The first-order valence-corrected chi connectivity index (χ1v) is 4.31. The number of aryl methyl sites for hydroxylation is 1. The zero-order valence-corrected chi connectivity index (χ0v) is 7.23. The molecule has 0 radical (unpaired) electrons. The van der Waals surface area contributed by atoms with E-state index in [4.69, 9.17) is 5.73 Å². The number of rotatable bonds is 3. The van der Waals surface area contributed by atoms with Gasteiger partial charge in [-0.25, -0.2) is 4.63 Å². The van der Waals surface area contributed by atoms with Crippen LogP contribution in [0.15, 0.2) is 22.8 Å². The summed E-state index contributed by atoms with van der Waals surface area (Å²) < 4.78 is 4.60. The first kappa shape index (κ1) is 8.19. The smallest absolute Gasteiger partial charge is 0.135 e. The predicted molar refractivity (Wildman–Crippen MR) is 49.2 cm³/mol. The SMILES string of the molecule is NCCCc1ccc2nonc2c1. The van der Waals surface area contributed by atoms with Gasteiger partial charge in [-0.2, -0.15) is 0 Å². The van der Waals surface area contributed by atoms with Crippen LogP contribution in [0.25, 0.3) is 11.0 Å². The standard InChI is InChI=1S/C9H11N3O/c10-5-1-2-7-3-4-8-9(6-7)12-13-11-8/h3-4,6H,1-2,5,10H2. The van der Waals surface area contributed by atoms with E-state index in [1.807, 2.05) is 18.2 Å². The quantitative estimate of drug-likeness (QED) is 0.762. The van der Waals surface area contributed by atoms with E-state index < -0.39 is 0 Å². The first-order valence-electron chi connectivity index (χ1n) is 4.31. The molecule has 0 saturated carbocycles. The number of hydrogen-bond acceptors (Lipinski definition) is 4. The van der Waals surface area contributed by atoms with Crippen molar-refractivity contribution in [2.45, 2.75) is 12.8 Å². The molecular weight excluding hydrogens is 166 g/mol. The van der Waals surface area contributed by atoms with Gasteiger partial charge in [0, 0.05) is 0 Å². The molecule has 0 fully saturated rings. The van der Waals surface area contributed by atoms with Crippen LogP contribution < -0.4 is 5.73 Å². The van der Waals surface area contributed by atoms with Crippen LogP contribution >= 0.6 is 0 Å². The summed E-state index contributed by atoms with van der Waals surface area (Å²) in [6.07, 6.45) is 1.98.